The molecule has 8 nitrogen and oxygen atoms in total. The fourth-order valence-corrected chi connectivity index (χ4v) is 2.69. The third kappa shape index (κ3) is 7.04. The first-order chi connectivity index (χ1) is 15.0. The van der Waals surface area contributed by atoms with Gasteiger partial charge in [-0.1, -0.05) is 59.8 Å². The summed E-state index contributed by atoms with van der Waals surface area (Å²) in [6.45, 7) is 2.03. The number of carbonyl (C=O) groups is 3. The van der Waals surface area contributed by atoms with Crippen LogP contribution in [0.3, 0.4) is 0 Å². The molecule has 0 fully saturated rings. The maximum Gasteiger partial charge on any atom is 0.331 e. The van der Waals surface area contributed by atoms with E-state index in [1.165, 1.54) is 19.1 Å². The van der Waals surface area contributed by atoms with Crippen molar-refractivity contribution in [1.82, 2.24) is 20.3 Å². The lowest BCUT2D eigenvalue weighted by atomic mass is 10.1. The number of amides is 1. The molecule has 0 radical (unpaired) electrons. The second kappa shape index (κ2) is 10.6. The average Bonchev–Trinajstić information content (AvgIpc) is 3.23. The predicted octanol–water partition coefficient (Wildman–Crippen LogP) is 2.40. The molecule has 0 aliphatic heterocycles. The third-order valence-corrected chi connectivity index (χ3v) is 4.30. The number of ether oxygens (including phenoxy) is 1. The Morgan fingerprint density at radius 2 is 1.77 bits per heavy atom. The second-order valence-electron chi connectivity index (χ2n) is 6.80. The molecule has 0 atom stereocenters. The Bertz CT molecular complexity index is 1070. The van der Waals surface area contributed by atoms with E-state index in [9.17, 15) is 14.4 Å². The van der Waals surface area contributed by atoms with Gasteiger partial charge in [0, 0.05) is 25.1 Å². The second-order valence-corrected chi connectivity index (χ2v) is 6.80. The maximum absolute atomic E-state index is 12.2. The summed E-state index contributed by atoms with van der Waals surface area (Å²) in [5.74, 6) is -1.09. The van der Waals surface area contributed by atoms with E-state index in [4.69, 9.17) is 4.74 Å². The van der Waals surface area contributed by atoms with Crippen LogP contribution in [0.5, 0.6) is 0 Å². The molecule has 8 heteroatoms. The number of benzene rings is 2. The minimum atomic E-state index is -0.645. The van der Waals surface area contributed by atoms with Crippen LogP contribution in [0.25, 0.3) is 6.08 Å². The van der Waals surface area contributed by atoms with Crippen molar-refractivity contribution in [3.05, 3.63) is 89.3 Å². The fraction of sp³-hybridized carbons (Fsp3) is 0.174. The van der Waals surface area contributed by atoms with Crippen molar-refractivity contribution >= 4 is 23.7 Å². The summed E-state index contributed by atoms with van der Waals surface area (Å²) in [4.78, 5) is 35.0. The zero-order valence-electron chi connectivity index (χ0n) is 17.0. The van der Waals surface area contributed by atoms with Crippen LogP contribution >= 0.6 is 0 Å². The number of nitrogens with zero attached hydrogens (tertiary/aromatic N) is 3. The van der Waals surface area contributed by atoms with Crippen molar-refractivity contribution in [1.29, 1.82) is 0 Å². The Morgan fingerprint density at radius 1 is 1.03 bits per heavy atom. The Kier molecular flexibility index (Phi) is 7.42. The Hall–Kier alpha value is -4.07. The van der Waals surface area contributed by atoms with E-state index in [1.54, 1.807) is 35.1 Å². The van der Waals surface area contributed by atoms with Gasteiger partial charge in [0.2, 0.25) is 5.91 Å². The molecule has 0 bridgehead atoms. The van der Waals surface area contributed by atoms with Crippen LogP contribution in [0.2, 0.25) is 0 Å². The van der Waals surface area contributed by atoms with Crippen LogP contribution in [-0.2, 0) is 27.4 Å². The average molecular weight is 418 g/mol. The van der Waals surface area contributed by atoms with E-state index in [0.29, 0.717) is 24.3 Å². The van der Waals surface area contributed by atoms with E-state index in [1.807, 2.05) is 30.3 Å². The van der Waals surface area contributed by atoms with Gasteiger partial charge in [-0.25, -0.2) is 9.48 Å². The molecule has 3 aromatic rings. The molecule has 0 unspecified atom stereocenters. The Morgan fingerprint density at radius 3 is 2.48 bits per heavy atom. The number of carbonyl (C=O) groups excluding carboxylic acids is 3. The highest BCUT2D eigenvalue weighted by Gasteiger charge is 2.09. The molecule has 1 heterocycles. The Labute approximate surface area is 179 Å². The quantitative estimate of drug-likeness (QED) is 0.325. The molecule has 158 valence electrons. The van der Waals surface area contributed by atoms with E-state index in [0.717, 1.165) is 11.1 Å². The van der Waals surface area contributed by atoms with E-state index in [-0.39, 0.29) is 18.3 Å². The molecular formula is C23H22N4O4. The standard InChI is InChI=1S/C23H22N4O4/c1-17(28)24-13-18-7-9-20(10-8-18)22(29)16-31-23(30)12-11-21-15-27(26-25-21)14-19-5-3-2-4-6-19/h2-12,15H,13-14,16H2,1H3,(H,24,28)/b12-11+. The molecule has 1 amide bonds. The van der Waals surface area contributed by atoms with Crippen LogP contribution in [0.1, 0.15) is 34.1 Å². The minimum Gasteiger partial charge on any atom is -0.454 e. The highest BCUT2D eigenvalue weighted by atomic mass is 16.5. The first-order valence-corrected chi connectivity index (χ1v) is 9.65. The van der Waals surface area contributed by atoms with Crippen molar-refractivity contribution in [2.24, 2.45) is 0 Å². The molecule has 0 saturated carbocycles. The molecule has 1 N–H and O–H groups in total. The van der Waals surface area contributed by atoms with Crippen molar-refractivity contribution in [2.75, 3.05) is 6.61 Å². The number of Topliss-reactive ketones (excluding diaryl/α,β-unsaturated/α-hetero) is 1. The number of rotatable bonds is 9. The normalized spacial score (nSPS) is 10.7. The van der Waals surface area contributed by atoms with Gasteiger partial charge in [0.15, 0.2) is 12.4 Å². The van der Waals surface area contributed by atoms with Gasteiger partial charge < -0.3 is 10.1 Å². The number of nitrogens with one attached hydrogen (secondary N) is 1. The number of hydrogen-bond acceptors (Lipinski definition) is 6. The predicted molar refractivity (Wildman–Crippen MR) is 114 cm³/mol. The van der Waals surface area contributed by atoms with Gasteiger partial charge in [-0.3, -0.25) is 9.59 Å². The van der Waals surface area contributed by atoms with Crippen molar-refractivity contribution in [3.63, 3.8) is 0 Å². The molecule has 0 aliphatic carbocycles. The first-order valence-electron chi connectivity index (χ1n) is 9.65. The summed E-state index contributed by atoms with van der Waals surface area (Å²) in [5.41, 5.74) is 2.89. The molecule has 31 heavy (non-hydrogen) atoms. The SMILES string of the molecule is CC(=O)NCc1ccc(C(=O)COC(=O)/C=C/c2cn(Cc3ccccc3)nn2)cc1. The lowest BCUT2D eigenvalue weighted by Gasteiger charge is -2.05. The van der Waals surface area contributed by atoms with E-state index >= 15 is 0 Å². The summed E-state index contributed by atoms with van der Waals surface area (Å²) >= 11 is 0. The molecule has 0 saturated heterocycles. The van der Waals surface area contributed by atoms with Gasteiger partial charge in [-0.2, -0.15) is 0 Å². The van der Waals surface area contributed by atoms with Crippen molar-refractivity contribution in [2.45, 2.75) is 20.0 Å². The van der Waals surface area contributed by atoms with Gasteiger partial charge in [-0.15, -0.1) is 5.10 Å². The van der Waals surface area contributed by atoms with Crippen molar-refractivity contribution in [3.8, 4) is 0 Å². The first kappa shape index (κ1) is 21.6. The molecule has 1 aromatic heterocycles. The summed E-state index contributed by atoms with van der Waals surface area (Å²) in [6.07, 6.45) is 4.41. The largest absolute Gasteiger partial charge is 0.454 e. The number of esters is 1. The van der Waals surface area contributed by atoms with Crippen LogP contribution in [0.4, 0.5) is 0 Å². The lowest BCUT2D eigenvalue weighted by Crippen LogP contribution is -2.19. The van der Waals surface area contributed by atoms with E-state index in [2.05, 4.69) is 15.6 Å². The monoisotopic (exact) mass is 418 g/mol. The molecular weight excluding hydrogens is 396 g/mol. The molecule has 2 aromatic carbocycles. The smallest absolute Gasteiger partial charge is 0.331 e. The van der Waals surface area contributed by atoms with Gasteiger partial charge >= 0.3 is 5.97 Å². The third-order valence-electron chi connectivity index (χ3n) is 4.30. The summed E-state index contributed by atoms with van der Waals surface area (Å²) in [6, 6.07) is 16.6. The molecule has 0 spiro atoms. The minimum absolute atomic E-state index is 0.126. The molecule has 3 rings (SSSR count). The Balaban J connectivity index is 1.46. The van der Waals surface area contributed by atoms with Crippen LogP contribution < -0.4 is 5.32 Å². The lowest BCUT2D eigenvalue weighted by molar-refractivity contribution is -0.136. The van der Waals surface area contributed by atoms with Gasteiger partial charge in [0.25, 0.3) is 0 Å². The van der Waals surface area contributed by atoms with Crippen LogP contribution in [0.15, 0.2) is 66.9 Å². The van der Waals surface area contributed by atoms with Gasteiger partial charge in [0.05, 0.1) is 12.7 Å². The summed E-state index contributed by atoms with van der Waals surface area (Å²) in [7, 11) is 0. The zero-order valence-corrected chi connectivity index (χ0v) is 17.0. The number of aromatic nitrogens is 3. The number of hydrogen-bond donors (Lipinski definition) is 1. The summed E-state index contributed by atoms with van der Waals surface area (Å²) < 4.78 is 6.67. The van der Waals surface area contributed by atoms with Crippen LogP contribution in [-0.4, -0.2) is 39.3 Å². The summed E-state index contributed by atoms with van der Waals surface area (Å²) in [5, 5.41) is 10.7. The fourth-order valence-electron chi connectivity index (χ4n) is 2.69. The molecule has 0 aliphatic rings. The highest BCUT2D eigenvalue weighted by molar-refractivity contribution is 5.98. The van der Waals surface area contributed by atoms with Crippen LogP contribution in [0, 0.1) is 0 Å². The van der Waals surface area contributed by atoms with E-state index < -0.39 is 5.97 Å². The number of ketones is 1. The topological polar surface area (TPSA) is 103 Å². The van der Waals surface area contributed by atoms with Gasteiger partial charge in [-0.05, 0) is 17.2 Å². The highest BCUT2D eigenvalue weighted by Crippen LogP contribution is 2.07. The van der Waals surface area contributed by atoms with Crippen molar-refractivity contribution < 1.29 is 19.1 Å². The van der Waals surface area contributed by atoms with Gasteiger partial charge in [0.1, 0.15) is 5.69 Å². The zero-order chi connectivity index (χ0) is 22.1. The maximum atomic E-state index is 12.2.